The monoisotopic (exact) mass is 128 g/mol. The van der Waals surface area contributed by atoms with Crippen molar-refractivity contribution in [2.24, 2.45) is 0 Å². The largest absolute Gasteiger partial charge is 0.379 e. The van der Waals surface area contributed by atoms with Gasteiger partial charge in [0, 0.05) is 0 Å². The van der Waals surface area contributed by atoms with E-state index in [1.807, 2.05) is 0 Å². The normalized spacial score (nSPS) is 19.4. The van der Waals surface area contributed by atoms with Gasteiger partial charge in [-0.3, -0.25) is 0 Å². The van der Waals surface area contributed by atoms with E-state index in [1.54, 1.807) is 11.8 Å². The molecule has 0 spiro atoms. The van der Waals surface area contributed by atoms with E-state index in [0.717, 1.165) is 19.0 Å². The maximum Gasteiger partial charge on any atom is 0.0608 e. The molecule has 0 atom stereocenters. The van der Waals surface area contributed by atoms with Crippen LogP contribution in [0.3, 0.4) is 0 Å². The summed E-state index contributed by atoms with van der Waals surface area (Å²) in [7, 11) is 0. The minimum atomic E-state index is 0.686. The van der Waals surface area contributed by atoms with E-state index in [1.165, 1.54) is 0 Å². The Bertz CT molecular complexity index is 102. The Hall–Kier alpha value is -0.130. The molecule has 1 heterocycles. The molecule has 0 saturated carbocycles. The molecule has 0 N–H and O–H groups in total. The van der Waals surface area contributed by atoms with Crippen LogP contribution in [0.5, 0.6) is 0 Å². The zero-order valence-electron chi connectivity index (χ0n) is 4.59. The molecule has 0 aromatic heterocycles. The maximum absolute atomic E-state index is 5.04. The van der Waals surface area contributed by atoms with E-state index in [2.05, 4.69) is 5.92 Å². The lowest BCUT2D eigenvalue weighted by molar-refractivity contribution is 0.0456. The van der Waals surface area contributed by atoms with Crippen LogP contribution in [-0.4, -0.2) is 24.2 Å². The lowest BCUT2D eigenvalue weighted by atomic mass is 10.4. The smallest absolute Gasteiger partial charge is 0.0608 e. The summed E-state index contributed by atoms with van der Waals surface area (Å²) in [6, 6.07) is 0. The van der Waals surface area contributed by atoms with E-state index in [9.17, 15) is 0 Å². The molecule has 0 aromatic rings. The molecule has 0 amide bonds. The van der Waals surface area contributed by atoms with Gasteiger partial charge in [0.15, 0.2) is 0 Å². The molecule has 0 aliphatic carbocycles. The minimum Gasteiger partial charge on any atom is -0.379 e. The van der Waals surface area contributed by atoms with E-state index in [-0.39, 0.29) is 0 Å². The summed E-state index contributed by atoms with van der Waals surface area (Å²) in [5.74, 6) is 3.40. The van der Waals surface area contributed by atoms with Gasteiger partial charge in [0.25, 0.3) is 0 Å². The number of thioether (sulfide) groups is 1. The second-order valence-corrected chi connectivity index (χ2v) is 2.96. The molecule has 0 unspecified atom stereocenters. The number of hydrogen-bond acceptors (Lipinski definition) is 2. The first-order valence-electron chi connectivity index (χ1n) is 2.56. The molecular weight excluding hydrogens is 120 g/mol. The van der Waals surface area contributed by atoms with Gasteiger partial charge in [-0.05, 0) is 0 Å². The molecule has 1 saturated heterocycles. The number of hydrogen-bond donors (Lipinski definition) is 0. The summed E-state index contributed by atoms with van der Waals surface area (Å²) in [6.45, 7) is 1.79. The number of terminal acetylenes is 1. The fourth-order valence-electron chi connectivity index (χ4n) is 0.476. The van der Waals surface area contributed by atoms with Crippen molar-refractivity contribution >= 4 is 11.8 Å². The third-order valence-electron chi connectivity index (χ3n) is 1.01. The fraction of sp³-hybridized carbons (Fsp3) is 0.667. The van der Waals surface area contributed by atoms with E-state index in [0.29, 0.717) is 5.25 Å². The maximum atomic E-state index is 5.04. The third kappa shape index (κ3) is 1.43. The molecule has 1 nitrogen and oxygen atoms in total. The molecule has 0 aromatic carbocycles. The van der Waals surface area contributed by atoms with E-state index in [4.69, 9.17) is 11.2 Å². The van der Waals surface area contributed by atoms with Crippen LogP contribution < -0.4 is 0 Å². The van der Waals surface area contributed by atoms with Crippen LogP contribution in [0.25, 0.3) is 0 Å². The summed E-state index contributed by atoms with van der Waals surface area (Å²) >= 11 is 1.80. The summed E-state index contributed by atoms with van der Waals surface area (Å²) in [5, 5.41) is 0.686. The van der Waals surface area contributed by atoms with Crippen molar-refractivity contribution < 1.29 is 4.74 Å². The molecule has 8 heavy (non-hydrogen) atoms. The van der Waals surface area contributed by atoms with Crippen LogP contribution in [0, 0.1) is 12.3 Å². The van der Waals surface area contributed by atoms with Gasteiger partial charge < -0.3 is 4.74 Å². The molecular formula is C6H8OS. The van der Waals surface area contributed by atoms with Crippen LogP contribution in [0.4, 0.5) is 0 Å². The van der Waals surface area contributed by atoms with Gasteiger partial charge >= 0.3 is 0 Å². The summed E-state index contributed by atoms with van der Waals surface area (Å²) in [4.78, 5) is 0. The van der Waals surface area contributed by atoms with Gasteiger partial charge in [0.05, 0.1) is 24.2 Å². The Kier molecular flexibility index (Phi) is 2.26. The Morgan fingerprint density at radius 3 is 2.88 bits per heavy atom. The molecule has 0 radical (unpaired) electrons. The second kappa shape index (κ2) is 3.01. The highest BCUT2D eigenvalue weighted by Gasteiger charge is 2.17. The van der Waals surface area contributed by atoms with E-state index >= 15 is 0 Å². The van der Waals surface area contributed by atoms with Gasteiger partial charge in [-0.2, -0.15) is 0 Å². The third-order valence-corrected chi connectivity index (χ3v) is 2.09. The van der Waals surface area contributed by atoms with Gasteiger partial charge in [-0.25, -0.2) is 0 Å². The first kappa shape index (κ1) is 6.00. The van der Waals surface area contributed by atoms with Crippen molar-refractivity contribution in [1.29, 1.82) is 0 Å². The highest BCUT2D eigenvalue weighted by atomic mass is 32.2. The van der Waals surface area contributed by atoms with Crippen LogP contribution in [-0.2, 0) is 4.74 Å². The molecule has 1 aliphatic rings. The summed E-state index contributed by atoms with van der Waals surface area (Å²) < 4.78 is 4.94. The molecule has 2 heteroatoms. The zero-order valence-corrected chi connectivity index (χ0v) is 5.41. The van der Waals surface area contributed by atoms with Gasteiger partial charge in [0.1, 0.15) is 0 Å². The van der Waals surface area contributed by atoms with Gasteiger partial charge in [-0.1, -0.05) is 5.92 Å². The van der Waals surface area contributed by atoms with Crippen molar-refractivity contribution in [3.63, 3.8) is 0 Å². The molecule has 1 rings (SSSR count). The topological polar surface area (TPSA) is 9.23 Å². The first-order valence-corrected chi connectivity index (χ1v) is 3.61. The Morgan fingerprint density at radius 2 is 2.50 bits per heavy atom. The molecule has 1 aliphatic heterocycles. The van der Waals surface area contributed by atoms with Crippen LogP contribution in [0.2, 0.25) is 0 Å². The van der Waals surface area contributed by atoms with Crippen LogP contribution in [0.1, 0.15) is 0 Å². The zero-order chi connectivity index (χ0) is 5.82. The average molecular weight is 128 g/mol. The van der Waals surface area contributed by atoms with Crippen molar-refractivity contribution in [2.75, 3.05) is 19.0 Å². The summed E-state index contributed by atoms with van der Waals surface area (Å²) in [5.41, 5.74) is 0. The Morgan fingerprint density at radius 1 is 1.75 bits per heavy atom. The first-order chi connectivity index (χ1) is 3.93. The minimum absolute atomic E-state index is 0.686. The molecule has 0 bridgehead atoms. The van der Waals surface area contributed by atoms with Crippen LogP contribution >= 0.6 is 11.8 Å². The molecule has 44 valence electrons. The average Bonchev–Trinajstić information content (AvgIpc) is 1.63. The van der Waals surface area contributed by atoms with Crippen LogP contribution in [0.15, 0.2) is 0 Å². The second-order valence-electron chi connectivity index (χ2n) is 1.67. The van der Waals surface area contributed by atoms with Crippen molar-refractivity contribution in [3.8, 4) is 12.3 Å². The Balaban J connectivity index is 1.95. The quantitative estimate of drug-likeness (QED) is 0.507. The SMILES string of the molecule is C#CCSC1COC1. The van der Waals surface area contributed by atoms with E-state index < -0.39 is 0 Å². The predicted octanol–water partition coefficient (Wildman–Crippen LogP) is 0.752. The predicted molar refractivity (Wildman–Crippen MR) is 35.9 cm³/mol. The lowest BCUT2D eigenvalue weighted by Gasteiger charge is -2.24. The summed E-state index contributed by atoms with van der Waals surface area (Å²) in [6.07, 6.45) is 5.04. The van der Waals surface area contributed by atoms with Gasteiger partial charge in [0.2, 0.25) is 0 Å². The standard InChI is InChI=1S/C6H8OS/c1-2-3-8-6-4-7-5-6/h1,6H,3-5H2. The van der Waals surface area contributed by atoms with Crippen molar-refractivity contribution in [3.05, 3.63) is 0 Å². The highest BCUT2D eigenvalue weighted by Crippen LogP contribution is 2.17. The number of rotatable bonds is 2. The highest BCUT2D eigenvalue weighted by molar-refractivity contribution is 8.00. The lowest BCUT2D eigenvalue weighted by Crippen LogP contribution is -2.30. The van der Waals surface area contributed by atoms with Gasteiger partial charge in [-0.15, -0.1) is 18.2 Å². The fourth-order valence-corrected chi connectivity index (χ4v) is 1.19. The number of ether oxygens (including phenoxy) is 1. The van der Waals surface area contributed by atoms with Crippen molar-refractivity contribution in [1.82, 2.24) is 0 Å². The molecule has 1 fully saturated rings. The Labute approximate surface area is 53.8 Å². The van der Waals surface area contributed by atoms with Crippen molar-refractivity contribution in [2.45, 2.75) is 5.25 Å².